The Morgan fingerprint density at radius 2 is 2.00 bits per heavy atom. The van der Waals surface area contributed by atoms with E-state index < -0.39 is 5.97 Å². The Hall–Kier alpha value is -2.60. The van der Waals surface area contributed by atoms with Crippen molar-refractivity contribution < 1.29 is 19.1 Å². The minimum absolute atomic E-state index is 0.200. The van der Waals surface area contributed by atoms with E-state index in [9.17, 15) is 9.59 Å². The predicted molar refractivity (Wildman–Crippen MR) is 135 cm³/mol. The Labute approximate surface area is 201 Å². The number of esters is 1. The number of thiophene rings is 1. The zero-order valence-electron chi connectivity index (χ0n) is 20.3. The lowest BCUT2D eigenvalue weighted by Gasteiger charge is -2.33. The molecular weight excluding hydrogens is 434 g/mol. The summed E-state index contributed by atoms with van der Waals surface area (Å²) in [5.74, 6) is 0.622. The van der Waals surface area contributed by atoms with Gasteiger partial charge in [0.25, 0.3) is 0 Å². The fourth-order valence-corrected chi connectivity index (χ4v) is 5.44. The summed E-state index contributed by atoms with van der Waals surface area (Å²) in [6.07, 6.45) is 8.04. The minimum Gasteiger partial charge on any atom is -0.493 e. The molecule has 1 aromatic heterocycles. The summed E-state index contributed by atoms with van der Waals surface area (Å²) in [5.41, 5.74) is 2.58. The monoisotopic (exact) mass is 469 g/mol. The number of rotatable bonds is 8. The van der Waals surface area contributed by atoms with Gasteiger partial charge in [-0.3, -0.25) is 4.79 Å². The van der Waals surface area contributed by atoms with Gasteiger partial charge in [0.1, 0.15) is 10.8 Å². The van der Waals surface area contributed by atoms with Gasteiger partial charge < -0.3 is 14.8 Å². The first-order valence-electron chi connectivity index (χ1n) is 11.7. The van der Waals surface area contributed by atoms with Gasteiger partial charge in [0, 0.05) is 16.5 Å². The molecule has 1 aromatic carbocycles. The molecule has 2 aromatic rings. The summed E-state index contributed by atoms with van der Waals surface area (Å²) in [6.45, 7) is 9.54. The van der Waals surface area contributed by atoms with Gasteiger partial charge in [-0.2, -0.15) is 0 Å². The van der Waals surface area contributed by atoms with Crippen molar-refractivity contribution in [3.8, 4) is 5.75 Å². The maximum Gasteiger partial charge on any atom is 0.341 e. The highest BCUT2D eigenvalue weighted by Crippen LogP contribution is 2.44. The molecule has 0 saturated carbocycles. The van der Waals surface area contributed by atoms with Crippen molar-refractivity contribution in [2.45, 2.75) is 59.8 Å². The molecule has 5 nitrogen and oxygen atoms in total. The highest BCUT2D eigenvalue weighted by molar-refractivity contribution is 7.17. The summed E-state index contributed by atoms with van der Waals surface area (Å²) in [5, 5.41) is 3.50. The summed E-state index contributed by atoms with van der Waals surface area (Å²) < 4.78 is 10.9. The van der Waals surface area contributed by atoms with Crippen LogP contribution in [0.25, 0.3) is 6.08 Å². The average Bonchev–Trinajstić information content (AvgIpc) is 3.14. The van der Waals surface area contributed by atoms with E-state index in [1.165, 1.54) is 29.4 Å². The van der Waals surface area contributed by atoms with Gasteiger partial charge in [-0.15, -0.1) is 11.3 Å². The highest BCUT2D eigenvalue weighted by atomic mass is 32.1. The van der Waals surface area contributed by atoms with Crippen LogP contribution < -0.4 is 10.1 Å². The van der Waals surface area contributed by atoms with Crippen LogP contribution in [0.2, 0.25) is 0 Å². The number of hydrogen-bond acceptors (Lipinski definition) is 5. The second-order valence-electron chi connectivity index (χ2n) is 9.57. The third-order valence-electron chi connectivity index (χ3n) is 6.21. The van der Waals surface area contributed by atoms with Crippen molar-refractivity contribution in [1.29, 1.82) is 0 Å². The molecule has 6 heteroatoms. The number of amides is 1. The van der Waals surface area contributed by atoms with Crippen LogP contribution >= 0.6 is 11.3 Å². The zero-order chi connectivity index (χ0) is 24.0. The Morgan fingerprint density at radius 1 is 1.24 bits per heavy atom. The molecule has 1 heterocycles. The lowest BCUT2D eigenvalue weighted by atomic mass is 9.72. The normalized spacial score (nSPS) is 15.8. The van der Waals surface area contributed by atoms with Gasteiger partial charge in [0.15, 0.2) is 0 Å². The van der Waals surface area contributed by atoms with Crippen molar-refractivity contribution in [3.63, 3.8) is 0 Å². The third-order valence-corrected chi connectivity index (χ3v) is 7.37. The number of methoxy groups -OCH3 is 1. The number of benzene rings is 1. The van der Waals surface area contributed by atoms with Gasteiger partial charge in [-0.05, 0) is 54.7 Å². The maximum absolute atomic E-state index is 12.8. The van der Waals surface area contributed by atoms with E-state index in [4.69, 9.17) is 9.47 Å². The Balaban J connectivity index is 1.79. The maximum atomic E-state index is 12.8. The fraction of sp³-hybridized carbons (Fsp3) is 0.481. The summed E-state index contributed by atoms with van der Waals surface area (Å²) >= 11 is 1.50. The molecule has 0 bridgehead atoms. The minimum atomic E-state index is -0.393. The Kier molecular flexibility index (Phi) is 8.35. The molecule has 1 aliphatic rings. The van der Waals surface area contributed by atoms with Crippen LogP contribution in [-0.4, -0.2) is 25.6 Å². The molecule has 0 fully saturated rings. The molecule has 178 valence electrons. The van der Waals surface area contributed by atoms with E-state index in [0.717, 1.165) is 49.0 Å². The van der Waals surface area contributed by atoms with Crippen LogP contribution in [0.15, 0.2) is 30.3 Å². The first-order valence-corrected chi connectivity index (χ1v) is 12.5. The smallest absolute Gasteiger partial charge is 0.341 e. The van der Waals surface area contributed by atoms with E-state index in [-0.39, 0.29) is 11.3 Å². The molecular formula is C27H35NO4S. The molecule has 1 amide bonds. The van der Waals surface area contributed by atoms with Gasteiger partial charge in [0.2, 0.25) is 5.91 Å². The van der Waals surface area contributed by atoms with E-state index in [0.29, 0.717) is 23.1 Å². The largest absolute Gasteiger partial charge is 0.493 e. The average molecular weight is 470 g/mol. The number of ether oxygens (including phenoxy) is 2. The highest BCUT2D eigenvalue weighted by Gasteiger charge is 2.34. The van der Waals surface area contributed by atoms with Crippen LogP contribution in [0.4, 0.5) is 5.00 Å². The van der Waals surface area contributed by atoms with Crippen molar-refractivity contribution in [2.75, 3.05) is 19.0 Å². The van der Waals surface area contributed by atoms with Crippen LogP contribution in [0, 0.1) is 11.3 Å². The third kappa shape index (κ3) is 6.26. The SMILES string of the molecule is CCCCOc1ccccc1C=CC(=O)Nc1sc2c(c1C(=O)OC)CCC(C(C)(C)C)C2. The molecule has 0 aliphatic heterocycles. The molecule has 0 radical (unpaired) electrons. The molecule has 1 atom stereocenters. The number of nitrogens with one attached hydrogen (secondary N) is 1. The molecule has 0 saturated heterocycles. The van der Waals surface area contributed by atoms with Crippen LogP contribution in [0.1, 0.15) is 73.3 Å². The van der Waals surface area contributed by atoms with E-state index in [2.05, 4.69) is 33.0 Å². The topological polar surface area (TPSA) is 64.6 Å². The molecule has 1 aliphatic carbocycles. The quantitative estimate of drug-likeness (QED) is 0.272. The molecule has 3 rings (SSSR count). The van der Waals surface area contributed by atoms with Crippen molar-refractivity contribution in [2.24, 2.45) is 11.3 Å². The van der Waals surface area contributed by atoms with Gasteiger partial charge >= 0.3 is 5.97 Å². The second-order valence-corrected chi connectivity index (χ2v) is 10.7. The summed E-state index contributed by atoms with van der Waals surface area (Å²) in [6, 6.07) is 7.66. The van der Waals surface area contributed by atoms with Crippen LogP contribution in [-0.2, 0) is 22.4 Å². The van der Waals surface area contributed by atoms with Crippen molar-refractivity contribution in [1.82, 2.24) is 0 Å². The molecule has 1 unspecified atom stereocenters. The standard InChI is InChI=1S/C27H35NO4S/c1-6-7-16-32-21-11-9-8-10-18(21)12-15-23(29)28-25-24(26(30)31-5)20-14-13-19(27(2,3)4)17-22(20)33-25/h8-12,15,19H,6-7,13-14,16-17H2,1-5H3,(H,28,29). The lowest BCUT2D eigenvalue weighted by Crippen LogP contribution is -2.26. The van der Waals surface area contributed by atoms with E-state index in [1.54, 1.807) is 6.08 Å². The van der Waals surface area contributed by atoms with Gasteiger partial charge in [-0.1, -0.05) is 52.3 Å². The summed E-state index contributed by atoms with van der Waals surface area (Å²) in [7, 11) is 1.38. The van der Waals surface area contributed by atoms with Crippen molar-refractivity contribution >= 4 is 34.3 Å². The predicted octanol–water partition coefficient (Wildman–Crippen LogP) is 6.52. The van der Waals surface area contributed by atoms with Crippen molar-refractivity contribution in [3.05, 3.63) is 51.9 Å². The number of carbonyl (C=O) groups excluding carboxylic acids is 2. The molecule has 1 N–H and O–H groups in total. The van der Waals surface area contributed by atoms with Crippen LogP contribution in [0.5, 0.6) is 5.75 Å². The number of fused-ring (bicyclic) bond motifs is 1. The number of para-hydroxylation sites is 1. The first-order chi connectivity index (χ1) is 15.7. The zero-order valence-corrected chi connectivity index (χ0v) is 21.1. The van der Waals surface area contributed by atoms with E-state index >= 15 is 0 Å². The lowest BCUT2D eigenvalue weighted by molar-refractivity contribution is -0.111. The number of hydrogen-bond donors (Lipinski definition) is 1. The second kappa shape index (κ2) is 11.0. The Morgan fingerprint density at radius 3 is 2.70 bits per heavy atom. The Bertz CT molecular complexity index is 1020. The molecule has 0 spiro atoms. The van der Waals surface area contributed by atoms with Crippen LogP contribution in [0.3, 0.4) is 0 Å². The summed E-state index contributed by atoms with van der Waals surface area (Å²) in [4.78, 5) is 26.5. The number of carbonyl (C=O) groups is 2. The molecule has 33 heavy (non-hydrogen) atoms. The van der Waals surface area contributed by atoms with Gasteiger partial charge in [-0.25, -0.2) is 4.79 Å². The number of unbranched alkanes of at least 4 members (excludes halogenated alkanes) is 1. The van der Waals surface area contributed by atoms with E-state index in [1.807, 2.05) is 24.3 Å². The fourth-order valence-electron chi connectivity index (χ4n) is 4.13. The first kappa shape index (κ1) is 25.0. The van der Waals surface area contributed by atoms with Gasteiger partial charge in [0.05, 0.1) is 19.3 Å². The number of anilines is 1.